The first-order valence-electron chi connectivity index (χ1n) is 9.85. The van der Waals surface area contributed by atoms with Gasteiger partial charge < -0.3 is 14.7 Å². The Hall–Kier alpha value is -2.34. The smallest absolute Gasteiger partial charge is 0.410 e. The van der Waals surface area contributed by atoms with Gasteiger partial charge in [0.2, 0.25) is 5.91 Å². The van der Waals surface area contributed by atoms with Gasteiger partial charge >= 0.3 is 6.09 Å². The van der Waals surface area contributed by atoms with Gasteiger partial charge in [-0.2, -0.15) is 0 Å². The maximum atomic E-state index is 12.2. The minimum Gasteiger partial charge on any atom is -0.444 e. The summed E-state index contributed by atoms with van der Waals surface area (Å²) in [5, 5.41) is 10.4. The van der Waals surface area contributed by atoms with Crippen LogP contribution in [0.15, 0.2) is 24.3 Å². The van der Waals surface area contributed by atoms with Crippen LogP contribution in [0, 0.1) is 5.92 Å². The van der Waals surface area contributed by atoms with E-state index in [1.165, 1.54) is 17.4 Å². The number of anilines is 1. The van der Waals surface area contributed by atoms with Crippen LogP contribution in [0.2, 0.25) is 0 Å². The van der Waals surface area contributed by atoms with Crippen LogP contribution in [0.25, 0.3) is 5.57 Å². The number of hydrogen-bond acceptors (Lipinski definition) is 4. The molecule has 1 aromatic carbocycles. The van der Waals surface area contributed by atoms with Crippen LogP contribution in [0.5, 0.6) is 0 Å². The largest absolute Gasteiger partial charge is 0.444 e. The lowest BCUT2D eigenvalue weighted by Crippen LogP contribution is -2.47. The molecule has 0 aromatic heterocycles. The summed E-state index contributed by atoms with van der Waals surface area (Å²) in [6.07, 6.45) is 2.48. The highest BCUT2D eigenvalue weighted by atomic mass is 16.6. The molecular formula is C22H30N2O4. The van der Waals surface area contributed by atoms with E-state index in [-0.39, 0.29) is 17.9 Å². The highest BCUT2D eigenvalue weighted by Gasteiger charge is 2.33. The van der Waals surface area contributed by atoms with Crippen LogP contribution in [0.1, 0.15) is 52.2 Å². The van der Waals surface area contributed by atoms with Gasteiger partial charge in [-0.05, 0) is 62.4 Å². The van der Waals surface area contributed by atoms with Crippen LogP contribution in [-0.2, 0) is 16.0 Å². The fourth-order valence-electron chi connectivity index (χ4n) is 3.81. The summed E-state index contributed by atoms with van der Waals surface area (Å²) < 4.78 is 5.45. The Kier molecular flexibility index (Phi) is 5.53. The average molecular weight is 386 g/mol. The van der Waals surface area contributed by atoms with Gasteiger partial charge in [-0.25, -0.2) is 4.79 Å². The van der Waals surface area contributed by atoms with Gasteiger partial charge in [-0.1, -0.05) is 19.1 Å². The van der Waals surface area contributed by atoms with Crippen molar-refractivity contribution in [2.45, 2.75) is 59.3 Å². The number of fused-ring (bicyclic) bond motifs is 1. The predicted octanol–water partition coefficient (Wildman–Crippen LogP) is 3.57. The van der Waals surface area contributed by atoms with E-state index in [0.717, 1.165) is 29.7 Å². The third-order valence-electron chi connectivity index (χ3n) is 5.23. The van der Waals surface area contributed by atoms with Crippen LogP contribution in [0.3, 0.4) is 0 Å². The molecule has 0 aliphatic carbocycles. The molecule has 1 aromatic rings. The molecule has 0 spiro atoms. The molecule has 152 valence electrons. The monoisotopic (exact) mass is 386 g/mol. The topological polar surface area (TPSA) is 70.1 Å². The molecule has 0 radical (unpaired) electrons. The van der Waals surface area contributed by atoms with Crippen molar-refractivity contribution in [3.05, 3.63) is 35.4 Å². The zero-order valence-corrected chi connectivity index (χ0v) is 17.4. The van der Waals surface area contributed by atoms with Gasteiger partial charge in [0.05, 0.1) is 0 Å². The molecule has 0 fully saturated rings. The molecule has 0 saturated carbocycles. The second kappa shape index (κ2) is 7.59. The van der Waals surface area contributed by atoms with E-state index in [1.54, 1.807) is 4.90 Å². The Balaban J connectivity index is 1.78. The zero-order chi connectivity index (χ0) is 20.6. The number of carbonyl (C=O) groups excluding carboxylic acids is 2. The molecule has 2 amide bonds. The summed E-state index contributed by atoms with van der Waals surface area (Å²) in [4.78, 5) is 27.4. The molecule has 0 saturated heterocycles. The van der Waals surface area contributed by atoms with E-state index >= 15 is 0 Å². The van der Waals surface area contributed by atoms with Gasteiger partial charge in [-0.3, -0.25) is 9.69 Å². The number of ether oxygens (including phenoxy) is 1. The van der Waals surface area contributed by atoms with Gasteiger partial charge in [0, 0.05) is 31.6 Å². The van der Waals surface area contributed by atoms with Crippen molar-refractivity contribution in [3.63, 3.8) is 0 Å². The summed E-state index contributed by atoms with van der Waals surface area (Å²) in [6, 6.07) is 6.03. The zero-order valence-electron chi connectivity index (χ0n) is 17.4. The Morgan fingerprint density at radius 1 is 1.25 bits per heavy atom. The summed E-state index contributed by atoms with van der Waals surface area (Å²) >= 11 is 0. The molecule has 2 heterocycles. The second-order valence-electron chi connectivity index (χ2n) is 8.73. The van der Waals surface area contributed by atoms with Crippen molar-refractivity contribution in [2.75, 3.05) is 18.0 Å². The van der Waals surface area contributed by atoms with E-state index in [1.807, 2.05) is 39.8 Å². The maximum Gasteiger partial charge on any atom is 0.410 e. The maximum absolute atomic E-state index is 12.2. The molecule has 2 aliphatic rings. The van der Waals surface area contributed by atoms with E-state index in [9.17, 15) is 14.7 Å². The van der Waals surface area contributed by atoms with Crippen LogP contribution in [-0.4, -0.2) is 46.9 Å². The lowest BCUT2D eigenvalue weighted by atomic mass is 9.88. The van der Waals surface area contributed by atoms with Gasteiger partial charge in [-0.15, -0.1) is 0 Å². The molecule has 2 aliphatic heterocycles. The number of nitrogens with zero attached hydrogens (tertiary/aromatic N) is 2. The van der Waals surface area contributed by atoms with Crippen LogP contribution >= 0.6 is 0 Å². The van der Waals surface area contributed by atoms with Gasteiger partial charge in [0.1, 0.15) is 11.8 Å². The Morgan fingerprint density at radius 3 is 2.54 bits per heavy atom. The second-order valence-corrected chi connectivity index (χ2v) is 8.73. The van der Waals surface area contributed by atoms with E-state index in [4.69, 9.17) is 4.74 Å². The number of hydrogen-bond donors (Lipinski definition) is 1. The molecule has 6 nitrogen and oxygen atoms in total. The van der Waals surface area contributed by atoms with Crippen LogP contribution < -0.4 is 4.90 Å². The molecule has 0 bridgehead atoms. The van der Waals surface area contributed by atoms with Gasteiger partial charge in [0.15, 0.2) is 0 Å². The quantitative estimate of drug-likeness (QED) is 0.801. The average Bonchev–Trinajstić information content (AvgIpc) is 2.60. The summed E-state index contributed by atoms with van der Waals surface area (Å²) in [5.41, 5.74) is 3.66. The number of amides is 2. The van der Waals surface area contributed by atoms with Crippen LogP contribution in [0.4, 0.5) is 10.5 Å². The van der Waals surface area contributed by atoms with Gasteiger partial charge in [0.25, 0.3) is 0 Å². The molecule has 3 rings (SSSR count). The number of aliphatic hydroxyl groups is 1. The van der Waals surface area contributed by atoms with E-state index in [0.29, 0.717) is 13.1 Å². The first-order valence-corrected chi connectivity index (χ1v) is 9.85. The Bertz CT molecular complexity index is 809. The molecule has 2 atom stereocenters. The highest BCUT2D eigenvalue weighted by molar-refractivity contribution is 5.93. The lowest BCUT2D eigenvalue weighted by Gasteiger charge is -2.38. The van der Waals surface area contributed by atoms with E-state index < -0.39 is 11.8 Å². The lowest BCUT2D eigenvalue weighted by molar-refractivity contribution is -0.119. The normalized spacial score (nSPS) is 22.4. The molecule has 2 unspecified atom stereocenters. The number of carbonyl (C=O) groups is 2. The Morgan fingerprint density at radius 2 is 1.96 bits per heavy atom. The molecule has 1 N–H and O–H groups in total. The number of aliphatic hydroxyl groups excluding tert-OH is 1. The minimum atomic E-state index is -0.785. The number of benzene rings is 1. The summed E-state index contributed by atoms with van der Waals surface area (Å²) in [7, 11) is 0. The van der Waals surface area contributed by atoms with Crippen molar-refractivity contribution in [3.8, 4) is 0 Å². The fourth-order valence-corrected chi connectivity index (χ4v) is 3.81. The molecule has 28 heavy (non-hydrogen) atoms. The predicted molar refractivity (Wildman–Crippen MR) is 109 cm³/mol. The first kappa shape index (κ1) is 20.4. The standard InChI is InChI=1S/C22H30N2O4/c1-14-12-18-13-17(6-7-19(18)24(15(2)25)20(14)26)16-8-10-23(11-9-16)21(27)28-22(3,4)5/h6-8,13-14,20,26H,9-12H2,1-5H3. The SMILES string of the molecule is CC(=O)N1c2ccc(C3=CCN(C(=O)OC(C)(C)C)CC3)cc2CC(C)C1O. The highest BCUT2D eigenvalue weighted by Crippen LogP contribution is 2.36. The minimum absolute atomic E-state index is 0.0188. The first-order chi connectivity index (χ1) is 13.1. The number of rotatable bonds is 1. The molecular weight excluding hydrogens is 356 g/mol. The van der Waals surface area contributed by atoms with Crippen molar-refractivity contribution in [1.82, 2.24) is 4.90 Å². The van der Waals surface area contributed by atoms with Crippen molar-refractivity contribution in [2.24, 2.45) is 5.92 Å². The van der Waals surface area contributed by atoms with Crippen molar-refractivity contribution < 1.29 is 19.4 Å². The third-order valence-corrected chi connectivity index (χ3v) is 5.23. The van der Waals surface area contributed by atoms with E-state index in [2.05, 4.69) is 12.1 Å². The van der Waals surface area contributed by atoms with Crippen molar-refractivity contribution >= 4 is 23.3 Å². The molecule has 6 heteroatoms. The third kappa shape index (κ3) is 4.22. The Labute approximate surface area is 166 Å². The van der Waals surface area contributed by atoms with Crippen molar-refractivity contribution in [1.29, 1.82) is 0 Å². The summed E-state index contributed by atoms with van der Waals surface area (Å²) in [5.74, 6) is -0.174. The fraction of sp³-hybridized carbons (Fsp3) is 0.545. The summed E-state index contributed by atoms with van der Waals surface area (Å²) in [6.45, 7) is 10.2.